The summed E-state index contributed by atoms with van der Waals surface area (Å²) in [6.45, 7) is 14.9. The van der Waals surface area contributed by atoms with Gasteiger partial charge >= 0.3 is 0 Å². The molecule has 1 saturated carbocycles. The van der Waals surface area contributed by atoms with Crippen molar-refractivity contribution in [2.45, 2.75) is 46.5 Å². The second kappa shape index (κ2) is 6.91. The van der Waals surface area contributed by atoms with Gasteiger partial charge in [-0.1, -0.05) is 33.6 Å². The summed E-state index contributed by atoms with van der Waals surface area (Å²) < 4.78 is 0. The Morgan fingerprint density at radius 1 is 0.889 bits per heavy atom. The molecule has 2 fully saturated rings. The van der Waals surface area contributed by atoms with E-state index in [1.807, 2.05) is 0 Å². The fourth-order valence-corrected chi connectivity index (χ4v) is 3.55. The number of hydrogen-bond acceptors (Lipinski definition) is 2. The molecule has 2 aliphatic rings. The van der Waals surface area contributed by atoms with Crippen LogP contribution in [-0.2, 0) is 0 Å². The number of hydrogen-bond donors (Lipinski definition) is 0. The van der Waals surface area contributed by atoms with Crippen LogP contribution in [0.25, 0.3) is 0 Å². The van der Waals surface area contributed by atoms with Gasteiger partial charge < -0.3 is 9.80 Å². The zero-order chi connectivity index (χ0) is 13.0. The molecular weight excluding hydrogens is 220 g/mol. The molecule has 106 valence electrons. The van der Waals surface area contributed by atoms with Gasteiger partial charge in [0.2, 0.25) is 0 Å². The first-order valence-corrected chi connectivity index (χ1v) is 8.08. The summed E-state index contributed by atoms with van der Waals surface area (Å²) in [5, 5.41) is 0. The fraction of sp³-hybridized carbons (Fsp3) is 1.00. The highest BCUT2D eigenvalue weighted by atomic mass is 15.3. The molecule has 0 aromatic rings. The molecule has 0 radical (unpaired) electrons. The minimum atomic E-state index is 0.816. The highest BCUT2D eigenvalue weighted by Crippen LogP contribution is 2.28. The van der Waals surface area contributed by atoms with E-state index in [0.717, 1.165) is 17.8 Å². The zero-order valence-corrected chi connectivity index (χ0v) is 12.7. The maximum Gasteiger partial charge on any atom is 0.0110 e. The molecule has 0 unspecified atom stereocenters. The third kappa shape index (κ3) is 4.55. The molecule has 0 spiro atoms. The Morgan fingerprint density at radius 2 is 1.44 bits per heavy atom. The molecule has 0 atom stereocenters. The first-order chi connectivity index (χ1) is 8.63. The Bertz CT molecular complexity index is 223. The van der Waals surface area contributed by atoms with Crippen LogP contribution in [-0.4, -0.2) is 49.1 Å². The van der Waals surface area contributed by atoms with Gasteiger partial charge in [-0.25, -0.2) is 0 Å². The highest BCUT2D eigenvalue weighted by molar-refractivity contribution is 4.77. The molecular formula is C16H32N2. The lowest BCUT2D eigenvalue weighted by atomic mass is 9.83. The third-order valence-electron chi connectivity index (χ3n) is 4.74. The molecule has 0 bridgehead atoms. The lowest BCUT2D eigenvalue weighted by Gasteiger charge is -2.38. The molecule has 0 amide bonds. The summed E-state index contributed by atoms with van der Waals surface area (Å²) in [6.07, 6.45) is 5.90. The Morgan fingerprint density at radius 3 is 2.00 bits per heavy atom. The van der Waals surface area contributed by atoms with Gasteiger partial charge in [0, 0.05) is 39.3 Å². The van der Waals surface area contributed by atoms with Gasteiger partial charge in [0.25, 0.3) is 0 Å². The third-order valence-corrected chi connectivity index (χ3v) is 4.74. The quantitative estimate of drug-likeness (QED) is 0.758. The molecule has 1 aliphatic carbocycles. The van der Waals surface area contributed by atoms with Gasteiger partial charge in [-0.3, -0.25) is 0 Å². The molecule has 2 heteroatoms. The van der Waals surface area contributed by atoms with Gasteiger partial charge in [-0.15, -0.1) is 0 Å². The second-order valence-electron chi connectivity index (χ2n) is 7.12. The minimum Gasteiger partial charge on any atom is -0.301 e. The Balaban J connectivity index is 1.64. The molecule has 18 heavy (non-hydrogen) atoms. The Kier molecular flexibility index (Phi) is 5.50. The van der Waals surface area contributed by atoms with Crippen LogP contribution in [0.2, 0.25) is 0 Å². The van der Waals surface area contributed by atoms with E-state index in [1.54, 1.807) is 0 Å². The van der Waals surface area contributed by atoms with Gasteiger partial charge in [-0.05, 0) is 30.6 Å². The maximum absolute atomic E-state index is 2.72. The van der Waals surface area contributed by atoms with Crippen LogP contribution in [0.4, 0.5) is 0 Å². The molecule has 2 nitrogen and oxygen atoms in total. The molecule has 1 saturated heterocycles. The monoisotopic (exact) mass is 252 g/mol. The molecule has 0 aromatic carbocycles. The van der Waals surface area contributed by atoms with Crippen molar-refractivity contribution < 1.29 is 0 Å². The smallest absolute Gasteiger partial charge is 0.0110 e. The number of rotatable bonds is 4. The van der Waals surface area contributed by atoms with E-state index in [4.69, 9.17) is 0 Å². The van der Waals surface area contributed by atoms with Crippen LogP contribution in [0.3, 0.4) is 0 Å². The SMILES string of the molecule is CC(C)CN1CCN(CC2CCC(C)CC2)CC1. The van der Waals surface area contributed by atoms with E-state index >= 15 is 0 Å². The van der Waals surface area contributed by atoms with Crippen molar-refractivity contribution in [3.8, 4) is 0 Å². The van der Waals surface area contributed by atoms with Gasteiger partial charge in [0.15, 0.2) is 0 Å². The molecule has 1 heterocycles. The summed E-state index contributed by atoms with van der Waals surface area (Å²) in [4.78, 5) is 5.36. The summed E-state index contributed by atoms with van der Waals surface area (Å²) >= 11 is 0. The predicted octanol–water partition coefficient (Wildman–Crippen LogP) is 3.09. The largest absolute Gasteiger partial charge is 0.301 e. The van der Waals surface area contributed by atoms with Crippen molar-refractivity contribution in [1.29, 1.82) is 0 Å². The summed E-state index contributed by atoms with van der Waals surface area (Å²) in [5.74, 6) is 2.80. The van der Waals surface area contributed by atoms with Crippen molar-refractivity contribution in [2.75, 3.05) is 39.3 Å². The van der Waals surface area contributed by atoms with Crippen LogP contribution in [0.15, 0.2) is 0 Å². The topological polar surface area (TPSA) is 6.48 Å². The van der Waals surface area contributed by atoms with Crippen molar-refractivity contribution in [3.05, 3.63) is 0 Å². The van der Waals surface area contributed by atoms with E-state index in [-0.39, 0.29) is 0 Å². The minimum absolute atomic E-state index is 0.816. The first-order valence-electron chi connectivity index (χ1n) is 8.08. The zero-order valence-electron chi connectivity index (χ0n) is 12.7. The number of nitrogens with zero attached hydrogens (tertiary/aromatic N) is 2. The maximum atomic E-state index is 2.72. The van der Waals surface area contributed by atoms with Crippen molar-refractivity contribution in [3.63, 3.8) is 0 Å². The van der Waals surface area contributed by atoms with Gasteiger partial charge in [0.05, 0.1) is 0 Å². The van der Waals surface area contributed by atoms with Crippen LogP contribution >= 0.6 is 0 Å². The van der Waals surface area contributed by atoms with E-state index in [1.165, 1.54) is 65.0 Å². The summed E-state index contributed by atoms with van der Waals surface area (Å²) in [7, 11) is 0. The van der Waals surface area contributed by atoms with Crippen LogP contribution in [0, 0.1) is 17.8 Å². The first kappa shape index (κ1) is 14.3. The van der Waals surface area contributed by atoms with Crippen LogP contribution in [0.1, 0.15) is 46.5 Å². The Hall–Kier alpha value is -0.0800. The van der Waals surface area contributed by atoms with Crippen molar-refractivity contribution in [2.24, 2.45) is 17.8 Å². The van der Waals surface area contributed by atoms with Crippen LogP contribution < -0.4 is 0 Å². The standard InChI is InChI=1S/C16H32N2/c1-14(2)12-17-8-10-18(11-9-17)13-16-6-4-15(3)5-7-16/h14-16H,4-13H2,1-3H3. The lowest BCUT2D eigenvalue weighted by Crippen LogP contribution is -2.48. The Labute approximate surface area is 114 Å². The van der Waals surface area contributed by atoms with Gasteiger partial charge in [-0.2, -0.15) is 0 Å². The number of piperazine rings is 1. The normalized spacial score (nSPS) is 32.0. The van der Waals surface area contributed by atoms with Crippen molar-refractivity contribution in [1.82, 2.24) is 9.80 Å². The molecule has 1 aliphatic heterocycles. The molecule has 0 aromatic heterocycles. The summed E-state index contributed by atoms with van der Waals surface area (Å²) in [6, 6.07) is 0. The summed E-state index contributed by atoms with van der Waals surface area (Å²) in [5.41, 5.74) is 0. The van der Waals surface area contributed by atoms with E-state index in [2.05, 4.69) is 30.6 Å². The predicted molar refractivity (Wildman–Crippen MR) is 78.8 cm³/mol. The van der Waals surface area contributed by atoms with Crippen molar-refractivity contribution >= 4 is 0 Å². The van der Waals surface area contributed by atoms with E-state index < -0.39 is 0 Å². The van der Waals surface area contributed by atoms with E-state index in [0.29, 0.717) is 0 Å². The highest BCUT2D eigenvalue weighted by Gasteiger charge is 2.23. The van der Waals surface area contributed by atoms with Crippen LogP contribution in [0.5, 0.6) is 0 Å². The van der Waals surface area contributed by atoms with Gasteiger partial charge in [0.1, 0.15) is 0 Å². The average Bonchev–Trinajstić information content (AvgIpc) is 2.34. The fourth-order valence-electron chi connectivity index (χ4n) is 3.55. The second-order valence-corrected chi connectivity index (χ2v) is 7.12. The van der Waals surface area contributed by atoms with E-state index in [9.17, 15) is 0 Å². The molecule has 2 rings (SSSR count). The molecule has 0 N–H and O–H groups in total. The lowest BCUT2D eigenvalue weighted by molar-refractivity contribution is 0.0986. The average molecular weight is 252 g/mol.